The highest BCUT2D eigenvalue weighted by molar-refractivity contribution is 5.99. The zero-order valence-corrected chi connectivity index (χ0v) is 24.5. The fourth-order valence-electron chi connectivity index (χ4n) is 5.88. The van der Waals surface area contributed by atoms with Crippen molar-refractivity contribution in [2.24, 2.45) is 0 Å². The summed E-state index contributed by atoms with van der Waals surface area (Å²) in [6.45, 7) is 6.89. The van der Waals surface area contributed by atoms with Crippen molar-refractivity contribution >= 4 is 17.5 Å². The average Bonchev–Trinajstić information content (AvgIpc) is 3.40. The van der Waals surface area contributed by atoms with Gasteiger partial charge in [0.05, 0.1) is 17.8 Å². The summed E-state index contributed by atoms with van der Waals surface area (Å²) in [4.78, 5) is 27.1. The van der Waals surface area contributed by atoms with Crippen LogP contribution in [-0.2, 0) is 17.6 Å². The molecule has 5 rings (SSSR count). The number of anilines is 1. The van der Waals surface area contributed by atoms with Gasteiger partial charge in [0.15, 0.2) is 0 Å². The SMILES string of the molecule is CCc1ccc2c(c1)[C@@H](NC[C@@H](O)[C@H](Cc1ccccc1)NC(=O)c1ccc(F)c(N3CCCC3=O)c1)CC(C)(C)O2. The van der Waals surface area contributed by atoms with E-state index >= 15 is 0 Å². The van der Waals surface area contributed by atoms with Gasteiger partial charge >= 0.3 is 0 Å². The number of aliphatic hydroxyl groups excluding tert-OH is 1. The van der Waals surface area contributed by atoms with Crippen LogP contribution in [0.5, 0.6) is 5.75 Å². The molecule has 1 saturated heterocycles. The molecule has 3 aromatic carbocycles. The molecule has 0 aliphatic carbocycles. The van der Waals surface area contributed by atoms with Crippen LogP contribution in [0.2, 0.25) is 0 Å². The number of aryl methyl sites for hydroxylation is 1. The van der Waals surface area contributed by atoms with Crippen LogP contribution in [0.4, 0.5) is 10.1 Å². The number of hydrogen-bond acceptors (Lipinski definition) is 5. The number of benzene rings is 3. The molecule has 7 nitrogen and oxygen atoms in total. The van der Waals surface area contributed by atoms with Crippen molar-refractivity contribution in [3.8, 4) is 5.75 Å². The van der Waals surface area contributed by atoms with Crippen LogP contribution in [0.15, 0.2) is 66.7 Å². The number of aliphatic hydroxyl groups is 1. The summed E-state index contributed by atoms with van der Waals surface area (Å²) >= 11 is 0. The summed E-state index contributed by atoms with van der Waals surface area (Å²) in [5, 5.41) is 18.0. The Bertz CT molecular complexity index is 1430. The number of fused-ring (bicyclic) bond motifs is 1. The molecule has 2 amide bonds. The van der Waals surface area contributed by atoms with Gasteiger partial charge in [-0.2, -0.15) is 0 Å². The van der Waals surface area contributed by atoms with E-state index in [2.05, 4.69) is 43.5 Å². The van der Waals surface area contributed by atoms with Crippen molar-refractivity contribution in [1.82, 2.24) is 10.6 Å². The van der Waals surface area contributed by atoms with Gasteiger partial charge in [-0.1, -0.05) is 49.4 Å². The fraction of sp³-hybridized carbons (Fsp3) is 0.412. The number of amides is 2. The van der Waals surface area contributed by atoms with Gasteiger partial charge in [-0.3, -0.25) is 9.59 Å². The second-order valence-electron chi connectivity index (χ2n) is 11.9. The van der Waals surface area contributed by atoms with Crippen LogP contribution >= 0.6 is 0 Å². The summed E-state index contributed by atoms with van der Waals surface area (Å²) in [6, 6.07) is 19.3. The zero-order chi connectivity index (χ0) is 29.9. The molecular weight excluding hydrogens is 533 g/mol. The molecule has 222 valence electrons. The van der Waals surface area contributed by atoms with E-state index < -0.39 is 23.9 Å². The molecule has 0 aromatic heterocycles. The average molecular weight is 574 g/mol. The minimum Gasteiger partial charge on any atom is -0.487 e. The Morgan fingerprint density at radius 2 is 1.90 bits per heavy atom. The molecule has 3 aromatic rings. The molecule has 0 radical (unpaired) electrons. The first-order valence-electron chi connectivity index (χ1n) is 14.8. The molecule has 0 unspecified atom stereocenters. The summed E-state index contributed by atoms with van der Waals surface area (Å²) < 4.78 is 20.9. The van der Waals surface area contributed by atoms with Gasteiger partial charge in [0, 0.05) is 43.1 Å². The second-order valence-corrected chi connectivity index (χ2v) is 11.9. The lowest BCUT2D eigenvalue weighted by Crippen LogP contribution is -2.50. The Morgan fingerprint density at radius 3 is 2.62 bits per heavy atom. The van der Waals surface area contributed by atoms with E-state index in [-0.39, 0.29) is 35.3 Å². The highest BCUT2D eigenvalue weighted by Gasteiger charge is 2.35. The Hall–Kier alpha value is -3.75. The number of nitrogens with zero attached hydrogens (tertiary/aromatic N) is 1. The van der Waals surface area contributed by atoms with Crippen molar-refractivity contribution < 1.29 is 23.8 Å². The van der Waals surface area contributed by atoms with Crippen LogP contribution in [0.25, 0.3) is 0 Å². The van der Waals surface area contributed by atoms with Crippen LogP contribution in [0.3, 0.4) is 0 Å². The highest BCUT2D eigenvalue weighted by Crippen LogP contribution is 2.40. The van der Waals surface area contributed by atoms with Crippen molar-refractivity contribution in [1.29, 1.82) is 0 Å². The summed E-state index contributed by atoms with van der Waals surface area (Å²) in [6.07, 6.45) is 2.14. The first kappa shape index (κ1) is 29.7. The van der Waals surface area contributed by atoms with Gasteiger partial charge in [0.2, 0.25) is 5.91 Å². The molecule has 2 heterocycles. The first-order chi connectivity index (χ1) is 20.1. The normalized spacial score (nSPS) is 19.1. The number of ether oxygens (including phenoxy) is 1. The van der Waals surface area contributed by atoms with Gasteiger partial charge in [-0.05, 0) is 68.5 Å². The van der Waals surface area contributed by atoms with Crippen LogP contribution in [-0.4, -0.2) is 47.8 Å². The molecule has 8 heteroatoms. The molecule has 0 spiro atoms. The third-order valence-corrected chi connectivity index (χ3v) is 8.17. The van der Waals surface area contributed by atoms with Gasteiger partial charge in [0.25, 0.3) is 5.91 Å². The maximum Gasteiger partial charge on any atom is 0.251 e. The van der Waals surface area contributed by atoms with Gasteiger partial charge in [-0.15, -0.1) is 0 Å². The van der Waals surface area contributed by atoms with Crippen LogP contribution in [0, 0.1) is 5.82 Å². The van der Waals surface area contributed by atoms with Crippen LogP contribution in [0.1, 0.15) is 73.1 Å². The standard InChI is InChI=1S/C34H40FN3O4/c1-4-22-12-15-31-25(17-22)28(20-34(2,3)42-31)36-21-30(39)27(18-23-9-6-5-7-10-23)37-33(41)24-13-14-26(35)29(19-24)38-16-8-11-32(38)40/h5-7,9-10,12-15,17,19,27-28,30,36,39H,4,8,11,16,18,20-21H2,1-3H3,(H,37,41)/t27-,28-,30+/m0/s1. The fourth-order valence-corrected chi connectivity index (χ4v) is 5.88. The van der Waals surface area contributed by atoms with Crippen molar-refractivity contribution in [3.05, 3.63) is 94.8 Å². The van der Waals surface area contributed by atoms with Crippen molar-refractivity contribution in [2.45, 2.75) is 76.7 Å². The molecular formula is C34H40FN3O4. The molecule has 42 heavy (non-hydrogen) atoms. The van der Waals surface area contributed by atoms with Gasteiger partial charge < -0.3 is 25.4 Å². The molecule has 1 fully saturated rings. The third kappa shape index (κ3) is 6.82. The van der Waals surface area contributed by atoms with E-state index in [1.54, 1.807) is 0 Å². The Labute approximate surface area is 247 Å². The Balaban J connectivity index is 1.34. The number of rotatable bonds is 10. The highest BCUT2D eigenvalue weighted by atomic mass is 19.1. The summed E-state index contributed by atoms with van der Waals surface area (Å²) in [5.41, 5.74) is 3.22. The van der Waals surface area contributed by atoms with Crippen LogP contribution < -0.4 is 20.3 Å². The maximum absolute atomic E-state index is 14.6. The molecule has 3 atom stereocenters. The minimum atomic E-state index is -0.919. The molecule has 0 saturated carbocycles. The predicted octanol–water partition coefficient (Wildman–Crippen LogP) is 5.11. The molecule has 0 bridgehead atoms. The number of nitrogens with one attached hydrogen (secondary N) is 2. The topological polar surface area (TPSA) is 90.9 Å². The maximum atomic E-state index is 14.6. The monoisotopic (exact) mass is 573 g/mol. The minimum absolute atomic E-state index is 0.0318. The second kappa shape index (κ2) is 12.6. The zero-order valence-electron chi connectivity index (χ0n) is 24.5. The lowest BCUT2D eigenvalue weighted by Gasteiger charge is -2.39. The van der Waals surface area contributed by atoms with E-state index in [9.17, 15) is 19.1 Å². The lowest BCUT2D eigenvalue weighted by atomic mass is 9.88. The van der Waals surface area contributed by atoms with Gasteiger partial charge in [0.1, 0.15) is 17.2 Å². The van der Waals surface area contributed by atoms with E-state index in [1.165, 1.54) is 28.7 Å². The first-order valence-corrected chi connectivity index (χ1v) is 14.8. The van der Waals surface area contributed by atoms with E-state index in [0.717, 1.165) is 29.7 Å². The molecule has 3 N–H and O–H groups in total. The van der Waals surface area contributed by atoms with E-state index in [0.29, 0.717) is 25.8 Å². The number of halogens is 1. The number of hydrogen-bond donors (Lipinski definition) is 3. The lowest BCUT2D eigenvalue weighted by molar-refractivity contribution is -0.117. The molecule has 2 aliphatic rings. The largest absolute Gasteiger partial charge is 0.487 e. The van der Waals surface area contributed by atoms with Gasteiger partial charge in [-0.25, -0.2) is 4.39 Å². The smallest absolute Gasteiger partial charge is 0.251 e. The summed E-state index contributed by atoms with van der Waals surface area (Å²) in [5.74, 6) is -0.294. The van der Waals surface area contributed by atoms with E-state index in [1.807, 2.05) is 36.4 Å². The van der Waals surface area contributed by atoms with E-state index in [4.69, 9.17) is 4.74 Å². The quantitative estimate of drug-likeness (QED) is 0.314. The predicted molar refractivity (Wildman–Crippen MR) is 161 cm³/mol. The number of carbonyl (C=O) groups excluding carboxylic acids is 2. The van der Waals surface area contributed by atoms with Crippen molar-refractivity contribution in [2.75, 3.05) is 18.0 Å². The number of carbonyl (C=O) groups is 2. The third-order valence-electron chi connectivity index (χ3n) is 8.17. The van der Waals surface area contributed by atoms with Crippen molar-refractivity contribution in [3.63, 3.8) is 0 Å². The molecule has 2 aliphatic heterocycles. The Morgan fingerprint density at radius 1 is 1.12 bits per heavy atom. The summed E-state index contributed by atoms with van der Waals surface area (Å²) in [7, 11) is 0. The Kier molecular flexibility index (Phi) is 8.94.